The number of fused-ring (bicyclic) bond motifs is 2. The Morgan fingerprint density at radius 1 is 1.06 bits per heavy atom. The molecule has 0 aliphatic rings. The van der Waals surface area contributed by atoms with Crippen molar-refractivity contribution >= 4 is 22.5 Å². The standard InChI is InChI=1S/C25H21N3O3/c1-16-24(26-23-14-19(25(29)30)10-11-27(16)23)22-13-18-7-3-4-9-21(18)28(22)15-17-6-5-8-20(12-17)31-2/h3-14H,15H2,1-2H3,(H,29,30). The van der Waals surface area contributed by atoms with Crippen LogP contribution in [0.25, 0.3) is 27.9 Å². The van der Waals surface area contributed by atoms with Gasteiger partial charge in [-0.15, -0.1) is 0 Å². The van der Waals surface area contributed by atoms with Crippen LogP contribution in [-0.4, -0.2) is 32.1 Å². The molecule has 6 nitrogen and oxygen atoms in total. The van der Waals surface area contributed by atoms with E-state index in [-0.39, 0.29) is 5.56 Å². The molecule has 0 fully saturated rings. The van der Waals surface area contributed by atoms with Gasteiger partial charge in [0.2, 0.25) is 0 Å². The lowest BCUT2D eigenvalue weighted by atomic mass is 10.2. The maximum atomic E-state index is 11.4. The molecule has 5 aromatic rings. The maximum absolute atomic E-state index is 11.4. The van der Waals surface area contributed by atoms with Crippen LogP contribution in [0.1, 0.15) is 21.6 Å². The van der Waals surface area contributed by atoms with Gasteiger partial charge in [-0.05, 0) is 48.9 Å². The van der Waals surface area contributed by atoms with Crippen LogP contribution in [0.2, 0.25) is 0 Å². The van der Waals surface area contributed by atoms with Crippen molar-refractivity contribution in [3.63, 3.8) is 0 Å². The zero-order valence-corrected chi connectivity index (χ0v) is 17.2. The summed E-state index contributed by atoms with van der Waals surface area (Å²) in [5.74, 6) is -0.141. The number of nitrogens with zero attached hydrogens (tertiary/aromatic N) is 3. The highest BCUT2D eigenvalue weighted by Crippen LogP contribution is 2.31. The molecule has 0 spiro atoms. The lowest BCUT2D eigenvalue weighted by molar-refractivity contribution is 0.0697. The van der Waals surface area contributed by atoms with Crippen molar-refractivity contribution in [2.75, 3.05) is 7.11 Å². The highest BCUT2D eigenvalue weighted by Gasteiger charge is 2.18. The molecule has 0 atom stereocenters. The summed E-state index contributed by atoms with van der Waals surface area (Å²) in [5, 5.41) is 10.5. The predicted molar refractivity (Wildman–Crippen MR) is 120 cm³/mol. The summed E-state index contributed by atoms with van der Waals surface area (Å²) in [6, 6.07) is 21.6. The Kier molecular flexibility index (Phi) is 4.47. The molecule has 0 amide bonds. The molecule has 0 saturated carbocycles. The molecule has 0 saturated heterocycles. The monoisotopic (exact) mass is 411 g/mol. The number of carboxylic acids is 1. The first kappa shape index (κ1) is 18.9. The molecule has 0 unspecified atom stereocenters. The largest absolute Gasteiger partial charge is 0.497 e. The number of aromatic carboxylic acids is 1. The smallest absolute Gasteiger partial charge is 0.335 e. The number of ether oxygens (including phenoxy) is 1. The van der Waals surface area contributed by atoms with Gasteiger partial charge in [-0.1, -0.05) is 30.3 Å². The molecule has 0 aliphatic heterocycles. The van der Waals surface area contributed by atoms with Crippen LogP contribution < -0.4 is 4.74 Å². The van der Waals surface area contributed by atoms with Crippen LogP contribution in [-0.2, 0) is 6.54 Å². The second-order valence-corrected chi connectivity index (χ2v) is 7.52. The third-order valence-corrected chi connectivity index (χ3v) is 5.64. The number of imidazole rings is 1. The molecule has 1 N–H and O–H groups in total. The Balaban J connectivity index is 1.70. The number of pyridine rings is 1. The number of hydrogen-bond donors (Lipinski definition) is 1. The molecule has 0 radical (unpaired) electrons. The lowest BCUT2D eigenvalue weighted by Gasteiger charge is -2.11. The molecule has 5 rings (SSSR count). The first-order chi connectivity index (χ1) is 15.0. The Morgan fingerprint density at radius 2 is 1.90 bits per heavy atom. The summed E-state index contributed by atoms with van der Waals surface area (Å²) in [7, 11) is 1.67. The van der Waals surface area contributed by atoms with Gasteiger partial charge >= 0.3 is 5.97 Å². The van der Waals surface area contributed by atoms with Gasteiger partial charge < -0.3 is 18.8 Å². The lowest BCUT2D eigenvalue weighted by Crippen LogP contribution is -2.03. The van der Waals surface area contributed by atoms with E-state index in [9.17, 15) is 9.90 Å². The number of rotatable bonds is 5. The van der Waals surface area contributed by atoms with E-state index in [1.165, 1.54) is 0 Å². The van der Waals surface area contributed by atoms with E-state index in [2.05, 4.69) is 28.8 Å². The van der Waals surface area contributed by atoms with E-state index < -0.39 is 5.97 Å². The molecular weight excluding hydrogens is 390 g/mol. The second-order valence-electron chi connectivity index (χ2n) is 7.52. The van der Waals surface area contributed by atoms with Crippen molar-refractivity contribution in [1.29, 1.82) is 0 Å². The van der Waals surface area contributed by atoms with Gasteiger partial charge in [0.05, 0.1) is 18.4 Å². The molecule has 3 heterocycles. The topological polar surface area (TPSA) is 68.8 Å². The summed E-state index contributed by atoms with van der Waals surface area (Å²) >= 11 is 0. The van der Waals surface area contributed by atoms with Gasteiger partial charge in [-0.2, -0.15) is 0 Å². The fourth-order valence-electron chi connectivity index (χ4n) is 4.07. The van der Waals surface area contributed by atoms with Gasteiger partial charge in [0, 0.05) is 29.3 Å². The maximum Gasteiger partial charge on any atom is 0.335 e. The summed E-state index contributed by atoms with van der Waals surface area (Å²) in [6.45, 7) is 2.66. The number of benzene rings is 2. The number of aromatic nitrogens is 3. The van der Waals surface area contributed by atoms with E-state index in [4.69, 9.17) is 9.72 Å². The minimum Gasteiger partial charge on any atom is -0.497 e. The number of methoxy groups -OCH3 is 1. The predicted octanol–water partition coefficient (Wildman–Crippen LogP) is 5.02. The van der Waals surface area contributed by atoms with Gasteiger partial charge in [-0.25, -0.2) is 9.78 Å². The second kappa shape index (κ2) is 7.32. The first-order valence-electron chi connectivity index (χ1n) is 9.99. The number of para-hydroxylation sites is 1. The fraction of sp³-hybridized carbons (Fsp3) is 0.120. The Labute approximate surface area is 179 Å². The normalized spacial score (nSPS) is 11.3. The van der Waals surface area contributed by atoms with Crippen LogP contribution in [0.4, 0.5) is 0 Å². The van der Waals surface area contributed by atoms with Gasteiger partial charge in [0.15, 0.2) is 0 Å². The van der Waals surface area contributed by atoms with E-state index in [0.29, 0.717) is 12.2 Å². The van der Waals surface area contributed by atoms with E-state index in [0.717, 1.165) is 39.3 Å². The number of aryl methyl sites for hydroxylation is 1. The molecular formula is C25H21N3O3. The fourth-order valence-corrected chi connectivity index (χ4v) is 4.07. The highest BCUT2D eigenvalue weighted by atomic mass is 16.5. The van der Waals surface area contributed by atoms with Crippen LogP contribution in [0.5, 0.6) is 5.75 Å². The zero-order valence-electron chi connectivity index (χ0n) is 17.2. The van der Waals surface area contributed by atoms with Crippen molar-refractivity contribution < 1.29 is 14.6 Å². The van der Waals surface area contributed by atoms with Crippen LogP contribution in [0.15, 0.2) is 72.9 Å². The molecule has 154 valence electrons. The van der Waals surface area contributed by atoms with Crippen molar-refractivity contribution in [2.45, 2.75) is 13.5 Å². The van der Waals surface area contributed by atoms with Gasteiger partial charge in [0.25, 0.3) is 0 Å². The first-order valence-corrected chi connectivity index (χ1v) is 9.99. The molecule has 31 heavy (non-hydrogen) atoms. The minimum atomic E-state index is -0.961. The number of carbonyl (C=O) groups is 1. The number of hydrogen-bond acceptors (Lipinski definition) is 3. The molecule has 2 aromatic carbocycles. The van der Waals surface area contributed by atoms with E-state index in [1.54, 1.807) is 25.4 Å². The average molecular weight is 411 g/mol. The van der Waals surface area contributed by atoms with E-state index >= 15 is 0 Å². The van der Waals surface area contributed by atoms with Crippen molar-refractivity contribution in [3.05, 3.63) is 89.7 Å². The third kappa shape index (κ3) is 3.22. The quantitative estimate of drug-likeness (QED) is 0.441. The minimum absolute atomic E-state index is 0.223. The molecule has 6 heteroatoms. The van der Waals surface area contributed by atoms with Crippen molar-refractivity contribution in [3.8, 4) is 17.1 Å². The Morgan fingerprint density at radius 3 is 2.71 bits per heavy atom. The van der Waals surface area contributed by atoms with Gasteiger partial charge in [0.1, 0.15) is 17.1 Å². The van der Waals surface area contributed by atoms with Gasteiger partial charge in [-0.3, -0.25) is 0 Å². The third-order valence-electron chi connectivity index (χ3n) is 5.64. The van der Waals surface area contributed by atoms with Crippen LogP contribution in [0, 0.1) is 6.92 Å². The molecule has 0 aliphatic carbocycles. The van der Waals surface area contributed by atoms with E-state index in [1.807, 2.05) is 41.7 Å². The summed E-state index contributed by atoms with van der Waals surface area (Å²) in [5.41, 5.74) is 5.86. The summed E-state index contributed by atoms with van der Waals surface area (Å²) in [4.78, 5) is 16.2. The molecule has 3 aromatic heterocycles. The van der Waals surface area contributed by atoms with Crippen LogP contribution >= 0.6 is 0 Å². The molecule has 0 bridgehead atoms. The average Bonchev–Trinajstić information content (AvgIpc) is 3.31. The summed E-state index contributed by atoms with van der Waals surface area (Å²) < 4.78 is 9.57. The summed E-state index contributed by atoms with van der Waals surface area (Å²) in [6.07, 6.45) is 1.76. The SMILES string of the molecule is COc1cccc(Cn2c(-c3nc4cc(C(=O)O)ccn4c3C)cc3ccccc32)c1. The Bertz CT molecular complexity index is 1450. The Hall–Kier alpha value is -4.06. The highest BCUT2D eigenvalue weighted by molar-refractivity contribution is 5.90. The zero-order chi connectivity index (χ0) is 21.5. The number of carboxylic acid groups (broad SMARTS) is 1. The van der Waals surface area contributed by atoms with Crippen molar-refractivity contribution in [1.82, 2.24) is 14.0 Å². The van der Waals surface area contributed by atoms with Crippen molar-refractivity contribution in [2.24, 2.45) is 0 Å². The van der Waals surface area contributed by atoms with Crippen LogP contribution in [0.3, 0.4) is 0 Å².